The van der Waals surface area contributed by atoms with Gasteiger partial charge in [-0.25, -0.2) is 0 Å². The van der Waals surface area contributed by atoms with Crippen LogP contribution in [0.25, 0.3) is 0 Å². The predicted octanol–water partition coefficient (Wildman–Crippen LogP) is 4.87. The summed E-state index contributed by atoms with van der Waals surface area (Å²) in [7, 11) is 0. The van der Waals surface area contributed by atoms with Crippen LogP contribution in [0.2, 0.25) is 5.02 Å². The number of ether oxygens (including phenoxy) is 1. The van der Waals surface area contributed by atoms with Crippen molar-refractivity contribution in [2.45, 2.75) is 58.9 Å². The van der Waals surface area contributed by atoms with Gasteiger partial charge in [-0.2, -0.15) is 0 Å². The van der Waals surface area contributed by atoms with Gasteiger partial charge in [0.2, 0.25) is 0 Å². The van der Waals surface area contributed by atoms with Gasteiger partial charge < -0.3 is 10.5 Å². The molecule has 120 valence electrons. The normalized spacial score (nSPS) is 15.8. The second kappa shape index (κ2) is 7.71. The zero-order chi connectivity index (χ0) is 14.9. The van der Waals surface area contributed by atoms with E-state index in [1.54, 1.807) is 0 Å². The Morgan fingerprint density at radius 1 is 1.33 bits per heavy atom. The monoisotopic (exact) mass is 331 g/mol. The number of halogens is 2. The minimum Gasteiger partial charge on any atom is -0.493 e. The molecule has 1 aliphatic rings. The Hall–Kier alpha value is -0.440. The third-order valence-corrected chi connectivity index (χ3v) is 4.33. The molecule has 2 rings (SSSR count). The number of nitrogens with two attached hydrogens (primary N) is 1. The third kappa shape index (κ3) is 4.77. The Kier molecular flexibility index (Phi) is 6.83. The van der Waals surface area contributed by atoms with E-state index in [1.807, 2.05) is 6.92 Å². The van der Waals surface area contributed by atoms with Crippen molar-refractivity contribution in [3.05, 3.63) is 27.8 Å². The van der Waals surface area contributed by atoms with E-state index in [9.17, 15) is 0 Å². The van der Waals surface area contributed by atoms with Crippen molar-refractivity contribution < 1.29 is 4.74 Å². The van der Waals surface area contributed by atoms with E-state index >= 15 is 0 Å². The Bertz CT molecular complexity index is 482. The molecule has 1 unspecified atom stereocenters. The van der Waals surface area contributed by atoms with Crippen molar-refractivity contribution in [1.82, 2.24) is 0 Å². The number of benzene rings is 1. The number of rotatable bonds is 6. The molecule has 0 radical (unpaired) electrons. The van der Waals surface area contributed by atoms with Gasteiger partial charge in [-0.15, -0.1) is 12.4 Å². The fraction of sp³-hybridized carbons (Fsp3) is 0.647. The maximum absolute atomic E-state index is 6.40. The molecule has 2 nitrogen and oxygen atoms in total. The first-order chi connectivity index (χ1) is 9.40. The standard InChI is InChI=1S/C17H26ClNO.ClH/c1-10(2)14-8-16(18)12(4)15(7-11(3)19)17(14)20-9-13-5-6-13;/h8,10-11,13H,5-7,9,19H2,1-4H3;1H. The predicted molar refractivity (Wildman–Crippen MR) is 93.1 cm³/mol. The van der Waals surface area contributed by atoms with Gasteiger partial charge >= 0.3 is 0 Å². The lowest BCUT2D eigenvalue weighted by atomic mass is 9.93. The van der Waals surface area contributed by atoms with Crippen molar-refractivity contribution in [1.29, 1.82) is 0 Å². The van der Waals surface area contributed by atoms with Gasteiger partial charge in [-0.05, 0) is 62.1 Å². The molecule has 1 fully saturated rings. The summed E-state index contributed by atoms with van der Waals surface area (Å²) in [6, 6.07) is 2.17. The fourth-order valence-electron chi connectivity index (χ4n) is 2.45. The smallest absolute Gasteiger partial charge is 0.126 e. The van der Waals surface area contributed by atoms with E-state index in [2.05, 4.69) is 26.8 Å². The summed E-state index contributed by atoms with van der Waals surface area (Å²) in [6.07, 6.45) is 3.41. The van der Waals surface area contributed by atoms with E-state index in [-0.39, 0.29) is 18.4 Å². The Balaban J connectivity index is 0.00000220. The van der Waals surface area contributed by atoms with Crippen LogP contribution in [0, 0.1) is 12.8 Å². The summed E-state index contributed by atoms with van der Waals surface area (Å²) < 4.78 is 6.18. The van der Waals surface area contributed by atoms with Crippen molar-refractivity contribution in [3.8, 4) is 5.75 Å². The lowest BCUT2D eigenvalue weighted by Crippen LogP contribution is -2.20. The van der Waals surface area contributed by atoms with Crippen molar-refractivity contribution >= 4 is 24.0 Å². The Morgan fingerprint density at radius 2 is 1.95 bits per heavy atom. The summed E-state index contributed by atoms with van der Waals surface area (Å²) in [6.45, 7) is 9.28. The van der Waals surface area contributed by atoms with E-state index in [1.165, 1.54) is 24.0 Å². The molecule has 4 heteroatoms. The van der Waals surface area contributed by atoms with Gasteiger partial charge in [0, 0.05) is 16.6 Å². The molecular weight excluding hydrogens is 305 g/mol. The van der Waals surface area contributed by atoms with Crippen molar-refractivity contribution in [2.24, 2.45) is 11.7 Å². The highest BCUT2D eigenvalue weighted by Crippen LogP contribution is 2.39. The average Bonchev–Trinajstić information content (AvgIpc) is 3.16. The molecule has 0 bridgehead atoms. The van der Waals surface area contributed by atoms with Crippen LogP contribution < -0.4 is 10.5 Å². The van der Waals surface area contributed by atoms with Gasteiger partial charge in [0.15, 0.2) is 0 Å². The van der Waals surface area contributed by atoms with Gasteiger partial charge in [0.25, 0.3) is 0 Å². The second-order valence-corrected chi connectivity index (χ2v) is 6.88. The molecule has 0 aliphatic heterocycles. The number of hydrogen-bond donors (Lipinski definition) is 1. The van der Waals surface area contributed by atoms with E-state index in [4.69, 9.17) is 22.1 Å². The fourth-order valence-corrected chi connectivity index (χ4v) is 2.68. The molecule has 0 heterocycles. The summed E-state index contributed by atoms with van der Waals surface area (Å²) in [5.41, 5.74) is 9.52. The van der Waals surface area contributed by atoms with E-state index in [0.29, 0.717) is 5.92 Å². The molecule has 0 spiro atoms. The maximum Gasteiger partial charge on any atom is 0.126 e. The molecular formula is C17H27Cl2NO. The molecule has 1 aliphatic carbocycles. The molecule has 2 N–H and O–H groups in total. The highest BCUT2D eigenvalue weighted by atomic mass is 35.5. The largest absolute Gasteiger partial charge is 0.493 e. The zero-order valence-corrected chi connectivity index (χ0v) is 15.0. The molecule has 1 atom stereocenters. The SMILES string of the molecule is Cc1c(Cl)cc(C(C)C)c(OCC2CC2)c1CC(C)N.Cl. The first-order valence-corrected chi connectivity index (χ1v) is 7.98. The van der Waals surface area contributed by atoms with Crippen LogP contribution >= 0.6 is 24.0 Å². The maximum atomic E-state index is 6.40. The van der Waals surface area contributed by atoms with Crippen LogP contribution in [0.15, 0.2) is 6.07 Å². The van der Waals surface area contributed by atoms with Crippen LogP contribution in [0.5, 0.6) is 5.75 Å². The number of hydrogen-bond acceptors (Lipinski definition) is 2. The lowest BCUT2D eigenvalue weighted by Gasteiger charge is -2.22. The van der Waals surface area contributed by atoms with E-state index < -0.39 is 0 Å². The first-order valence-electron chi connectivity index (χ1n) is 7.60. The summed E-state index contributed by atoms with van der Waals surface area (Å²) in [4.78, 5) is 0. The van der Waals surface area contributed by atoms with Crippen LogP contribution in [-0.4, -0.2) is 12.6 Å². The first kappa shape index (κ1) is 18.6. The van der Waals surface area contributed by atoms with Crippen molar-refractivity contribution in [2.75, 3.05) is 6.61 Å². The molecule has 21 heavy (non-hydrogen) atoms. The quantitative estimate of drug-likeness (QED) is 0.806. The molecule has 1 saturated carbocycles. The highest BCUT2D eigenvalue weighted by Gasteiger charge is 2.25. The lowest BCUT2D eigenvalue weighted by molar-refractivity contribution is 0.292. The average molecular weight is 332 g/mol. The van der Waals surface area contributed by atoms with Crippen LogP contribution in [0.1, 0.15) is 56.2 Å². The van der Waals surface area contributed by atoms with Gasteiger partial charge in [-0.1, -0.05) is 25.4 Å². The third-order valence-electron chi connectivity index (χ3n) is 3.94. The van der Waals surface area contributed by atoms with Gasteiger partial charge in [-0.3, -0.25) is 0 Å². The topological polar surface area (TPSA) is 35.2 Å². The van der Waals surface area contributed by atoms with Gasteiger partial charge in [0.05, 0.1) is 6.61 Å². The minimum atomic E-state index is 0. The Labute approximate surface area is 139 Å². The minimum absolute atomic E-state index is 0. The summed E-state index contributed by atoms with van der Waals surface area (Å²) in [5, 5.41) is 0.822. The molecule has 1 aromatic rings. The zero-order valence-electron chi connectivity index (χ0n) is 13.4. The summed E-state index contributed by atoms with van der Waals surface area (Å²) in [5.74, 6) is 2.18. The molecule has 0 amide bonds. The van der Waals surface area contributed by atoms with Gasteiger partial charge in [0.1, 0.15) is 5.75 Å². The second-order valence-electron chi connectivity index (χ2n) is 6.47. The van der Waals surface area contributed by atoms with Crippen LogP contribution in [0.3, 0.4) is 0 Å². The molecule has 0 saturated heterocycles. The van der Waals surface area contributed by atoms with Crippen molar-refractivity contribution in [3.63, 3.8) is 0 Å². The van der Waals surface area contributed by atoms with Crippen LogP contribution in [0.4, 0.5) is 0 Å². The Morgan fingerprint density at radius 3 is 2.43 bits per heavy atom. The van der Waals surface area contributed by atoms with Crippen LogP contribution in [-0.2, 0) is 6.42 Å². The molecule has 1 aromatic carbocycles. The van der Waals surface area contributed by atoms with E-state index in [0.717, 1.165) is 35.3 Å². The summed E-state index contributed by atoms with van der Waals surface area (Å²) >= 11 is 6.40. The molecule has 0 aromatic heterocycles. The highest BCUT2D eigenvalue weighted by molar-refractivity contribution is 6.31.